The van der Waals surface area contributed by atoms with Gasteiger partial charge in [0.2, 0.25) is 0 Å². The van der Waals surface area contributed by atoms with Crippen molar-refractivity contribution in [1.29, 1.82) is 0 Å². The molecule has 3 aromatic rings. The zero-order valence-corrected chi connectivity index (χ0v) is 14.7. The van der Waals surface area contributed by atoms with Gasteiger partial charge in [0.05, 0.1) is 11.4 Å². The second-order valence-electron chi connectivity index (χ2n) is 6.31. The van der Waals surface area contributed by atoms with Crippen molar-refractivity contribution < 1.29 is 4.79 Å². The highest BCUT2D eigenvalue weighted by Crippen LogP contribution is 2.20. The van der Waals surface area contributed by atoms with Gasteiger partial charge in [0.1, 0.15) is 5.78 Å². The van der Waals surface area contributed by atoms with E-state index in [1.165, 1.54) is 0 Å². The third-order valence-electron chi connectivity index (χ3n) is 4.54. The lowest BCUT2D eigenvalue weighted by Crippen LogP contribution is -2.07. The van der Waals surface area contributed by atoms with E-state index >= 15 is 0 Å². The first kappa shape index (κ1) is 17.0. The molecule has 1 heterocycles. The Morgan fingerprint density at radius 1 is 1.04 bits per heavy atom. The Morgan fingerprint density at radius 2 is 1.72 bits per heavy atom. The molecule has 0 fully saturated rings. The first-order chi connectivity index (χ1) is 12.1. The predicted octanol–water partition coefficient (Wildman–Crippen LogP) is 3.82. The molecule has 2 aromatic carbocycles. The Morgan fingerprint density at radius 3 is 2.44 bits per heavy atom. The number of nitrogen functional groups attached to an aromatic ring is 1. The number of para-hydroxylation sites is 2. The van der Waals surface area contributed by atoms with Gasteiger partial charge < -0.3 is 5.73 Å². The molecule has 0 aliphatic carbocycles. The number of Topliss-reactive ketones (excluding diaryl/α,β-unsaturated/α-hetero) is 1. The Hall–Kier alpha value is -2.88. The van der Waals surface area contributed by atoms with Crippen LogP contribution in [-0.4, -0.2) is 15.6 Å². The molecule has 0 atom stereocenters. The van der Waals surface area contributed by atoms with Crippen molar-refractivity contribution in [1.82, 2.24) is 9.78 Å². The molecule has 2 N–H and O–H groups in total. The summed E-state index contributed by atoms with van der Waals surface area (Å²) in [6, 6.07) is 17.7. The topological polar surface area (TPSA) is 60.9 Å². The summed E-state index contributed by atoms with van der Waals surface area (Å²) in [5.41, 5.74) is 11.7. The summed E-state index contributed by atoms with van der Waals surface area (Å²) in [6.45, 7) is 3.98. The van der Waals surface area contributed by atoms with E-state index in [0.29, 0.717) is 19.3 Å². The van der Waals surface area contributed by atoms with Crippen LogP contribution in [0.5, 0.6) is 0 Å². The second kappa shape index (κ2) is 7.34. The van der Waals surface area contributed by atoms with E-state index in [1.807, 2.05) is 73.1 Å². The lowest BCUT2D eigenvalue weighted by Gasteiger charge is -2.06. The Kier molecular flexibility index (Phi) is 4.98. The smallest absolute Gasteiger partial charge is 0.137 e. The summed E-state index contributed by atoms with van der Waals surface area (Å²) in [5, 5.41) is 4.61. The first-order valence-electron chi connectivity index (χ1n) is 8.52. The Balaban J connectivity index is 1.72. The summed E-state index contributed by atoms with van der Waals surface area (Å²) in [7, 11) is 0. The molecule has 0 bridgehead atoms. The average molecular weight is 333 g/mol. The van der Waals surface area contributed by atoms with Crippen LogP contribution < -0.4 is 5.73 Å². The van der Waals surface area contributed by atoms with Crippen molar-refractivity contribution in [2.75, 3.05) is 5.73 Å². The zero-order valence-electron chi connectivity index (χ0n) is 14.7. The molecule has 0 saturated heterocycles. The minimum Gasteiger partial charge on any atom is -0.399 e. The number of carbonyl (C=O) groups is 1. The van der Waals surface area contributed by atoms with Gasteiger partial charge in [-0.05, 0) is 44.0 Å². The van der Waals surface area contributed by atoms with Gasteiger partial charge >= 0.3 is 0 Å². The van der Waals surface area contributed by atoms with Crippen molar-refractivity contribution >= 4 is 11.5 Å². The van der Waals surface area contributed by atoms with Crippen LogP contribution in [0.1, 0.15) is 28.9 Å². The molecule has 0 spiro atoms. The van der Waals surface area contributed by atoms with Gasteiger partial charge in [-0.15, -0.1) is 0 Å². The van der Waals surface area contributed by atoms with Gasteiger partial charge in [-0.3, -0.25) is 4.79 Å². The molecule has 3 rings (SSSR count). The number of anilines is 1. The number of aryl methyl sites for hydroxylation is 2. The normalized spacial score (nSPS) is 10.8. The van der Waals surface area contributed by atoms with E-state index in [1.54, 1.807) is 0 Å². The molecule has 0 aliphatic heterocycles. The molecule has 128 valence electrons. The minimum absolute atomic E-state index is 0.210. The molecular formula is C21H23N3O. The molecular weight excluding hydrogens is 310 g/mol. The fraction of sp³-hybridized carbons (Fsp3) is 0.238. The summed E-state index contributed by atoms with van der Waals surface area (Å²) in [6.07, 6.45) is 1.58. The van der Waals surface area contributed by atoms with Gasteiger partial charge in [-0.2, -0.15) is 5.10 Å². The number of carbonyl (C=O) groups excluding carboxylic acids is 1. The summed E-state index contributed by atoms with van der Waals surface area (Å²) < 4.78 is 1.91. The lowest BCUT2D eigenvalue weighted by molar-refractivity contribution is -0.118. The minimum atomic E-state index is 0.210. The number of nitrogens with two attached hydrogens (primary N) is 1. The highest BCUT2D eigenvalue weighted by atomic mass is 16.1. The second-order valence-corrected chi connectivity index (χ2v) is 6.31. The summed E-state index contributed by atoms with van der Waals surface area (Å²) in [5.74, 6) is 0.210. The molecule has 4 heteroatoms. The fourth-order valence-electron chi connectivity index (χ4n) is 3.07. The van der Waals surface area contributed by atoms with E-state index in [9.17, 15) is 4.79 Å². The van der Waals surface area contributed by atoms with Crippen molar-refractivity contribution in [3.8, 4) is 5.69 Å². The zero-order chi connectivity index (χ0) is 17.8. The highest BCUT2D eigenvalue weighted by Gasteiger charge is 2.16. The number of rotatable bonds is 6. The van der Waals surface area contributed by atoms with E-state index in [2.05, 4.69) is 5.10 Å². The molecule has 0 unspecified atom stereocenters. The van der Waals surface area contributed by atoms with E-state index < -0.39 is 0 Å². The first-order valence-corrected chi connectivity index (χ1v) is 8.52. The van der Waals surface area contributed by atoms with Gasteiger partial charge in [-0.1, -0.05) is 36.4 Å². The number of hydrogen-bond donors (Lipinski definition) is 1. The lowest BCUT2D eigenvalue weighted by atomic mass is 10.0. The monoisotopic (exact) mass is 333 g/mol. The van der Waals surface area contributed by atoms with Gasteiger partial charge in [0.15, 0.2) is 0 Å². The van der Waals surface area contributed by atoms with Gasteiger partial charge in [-0.25, -0.2) is 4.68 Å². The maximum absolute atomic E-state index is 12.5. The van der Waals surface area contributed by atoms with Crippen LogP contribution in [0.4, 0.5) is 5.69 Å². The van der Waals surface area contributed by atoms with E-state index in [0.717, 1.165) is 33.9 Å². The van der Waals surface area contributed by atoms with Gasteiger partial charge in [0.25, 0.3) is 0 Å². The van der Waals surface area contributed by atoms with Gasteiger partial charge in [0, 0.05) is 29.8 Å². The molecule has 0 radical (unpaired) electrons. The summed E-state index contributed by atoms with van der Waals surface area (Å²) >= 11 is 0. The van der Waals surface area contributed by atoms with Crippen LogP contribution in [0.25, 0.3) is 5.69 Å². The Bertz CT molecular complexity index is 881. The average Bonchev–Trinajstić information content (AvgIpc) is 2.90. The third kappa shape index (κ3) is 3.79. The molecule has 0 aliphatic rings. The van der Waals surface area contributed by atoms with E-state index in [-0.39, 0.29) is 5.78 Å². The molecule has 0 saturated carbocycles. The van der Waals surface area contributed by atoms with Crippen LogP contribution in [0.2, 0.25) is 0 Å². The van der Waals surface area contributed by atoms with Crippen molar-refractivity contribution in [3.63, 3.8) is 0 Å². The summed E-state index contributed by atoms with van der Waals surface area (Å²) in [4.78, 5) is 12.5. The number of ketones is 1. The number of nitrogens with zero attached hydrogens (tertiary/aromatic N) is 2. The molecule has 0 amide bonds. The van der Waals surface area contributed by atoms with Crippen LogP contribution in [0, 0.1) is 13.8 Å². The largest absolute Gasteiger partial charge is 0.399 e. The van der Waals surface area contributed by atoms with Crippen LogP contribution in [-0.2, 0) is 17.6 Å². The van der Waals surface area contributed by atoms with E-state index in [4.69, 9.17) is 5.73 Å². The molecule has 4 nitrogen and oxygen atoms in total. The van der Waals surface area contributed by atoms with Crippen molar-refractivity contribution in [2.24, 2.45) is 0 Å². The third-order valence-corrected chi connectivity index (χ3v) is 4.54. The van der Waals surface area contributed by atoms with Crippen LogP contribution in [0.15, 0.2) is 54.6 Å². The molecule has 1 aromatic heterocycles. The standard InChI is InChI=1S/C21H23N3O/c1-15-20(16(2)24(23-15)18-9-4-3-5-10-18)14-19(25)13-12-17-8-6-7-11-21(17)22/h3-11H,12-14,22H2,1-2H3. The van der Waals surface area contributed by atoms with Crippen LogP contribution in [0.3, 0.4) is 0 Å². The maximum Gasteiger partial charge on any atom is 0.137 e. The van der Waals surface area contributed by atoms with Crippen molar-refractivity contribution in [3.05, 3.63) is 77.1 Å². The Labute approximate surface area is 148 Å². The van der Waals surface area contributed by atoms with Crippen LogP contribution >= 0.6 is 0 Å². The quantitative estimate of drug-likeness (QED) is 0.698. The number of hydrogen-bond acceptors (Lipinski definition) is 3. The maximum atomic E-state index is 12.5. The fourth-order valence-corrected chi connectivity index (χ4v) is 3.07. The highest BCUT2D eigenvalue weighted by molar-refractivity contribution is 5.81. The predicted molar refractivity (Wildman–Crippen MR) is 101 cm³/mol. The number of aromatic nitrogens is 2. The SMILES string of the molecule is Cc1nn(-c2ccccc2)c(C)c1CC(=O)CCc1ccccc1N. The number of benzene rings is 2. The van der Waals surface area contributed by atoms with Crippen molar-refractivity contribution in [2.45, 2.75) is 33.1 Å². The molecule has 25 heavy (non-hydrogen) atoms.